The summed E-state index contributed by atoms with van der Waals surface area (Å²) < 4.78 is 0. The largest absolute Gasteiger partial charge is 0.315 e. The number of hydrogen-bond acceptors (Lipinski definition) is 2. The lowest BCUT2D eigenvalue weighted by atomic mass is 9.88. The molecule has 90 valence electrons. The zero-order valence-electron chi connectivity index (χ0n) is 10.9. The van der Waals surface area contributed by atoms with E-state index in [1.54, 1.807) is 0 Å². The lowest BCUT2D eigenvalue weighted by molar-refractivity contribution is 0.299. The van der Waals surface area contributed by atoms with Crippen LogP contribution < -0.4 is 10.6 Å². The standard InChI is InChI=1S/C13H28N2/c1-12(14-3)8-5-6-9-13(2,15-4)11-7-10-12/h14-15H,5-11H2,1-4H3. The highest BCUT2D eigenvalue weighted by atomic mass is 14.9. The Hall–Kier alpha value is -0.0800. The third-order valence-corrected chi connectivity index (χ3v) is 4.37. The zero-order chi connectivity index (χ0) is 11.4. The molecule has 0 heterocycles. The molecule has 0 amide bonds. The Kier molecular flexibility index (Phi) is 4.60. The van der Waals surface area contributed by atoms with Crippen LogP contribution in [0.15, 0.2) is 0 Å². The summed E-state index contributed by atoms with van der Waals surface area (Å²) in [6.45, 7) is 4.74. The Balaban J connectivity index is 2.56. The smallest absolute Gasteiger partial charge is 0.0150 e. The maximum atomic E-state index is 3.50. The van der Waals surface area contributed by atoms with Crippen LogP contribution in [0.2, 0.25) is 0 Å². The number of hydrogen-bond donors (Lipinski definition) is 2. The topological polar surface area (TPSA) is 24.1 Å². The van der Waals surface area contributed by atoms with Crippen molar-refractivity contribution in [2.24, 2.45) is 0 Å². The molecule has 2 atom stereocenters. The lowest BCUT2D eigenvalue weighted by Crippen LogP contribution is -2.41. The van der Waals surface area contributed by atoms with Crippen molar-refractivity contribution in [1.29, 1.82) is 0 Å². The van der Waals surface area contributed by atoms with E-state index >= 15 is 0 Å². The van der Waals surface area contributed by atoms with Gasteiger partial charge in [-0.3, -0.25) is 0 Å². The molecule has 0 bridgehead atoms. The van der Waals surface area contributed by atoms with Crippen LogP contribution >= 0.6 is 0 Å². The van der Waals surface area contributed by atoms with Gasteiger partial charge in [-0.05, 0) is 60.0 Å². The van der Waals surface area contributed by atoms with Crippen molar-refractivity contribution in [3.63, 3.8) is 0 Å². The number of rotatable bonds is 2. The van der Waals surface area contributed by atoms with E-state index in [2.05, 4.69) is 38.6 Å². The van der Waals surface area contributed by atoms with E-state index < -0.39 is 0 Å². The van der Waals surface area contributed by atoms with E-state index in [9.17, 15) is 0 Å². The van der Waals surface area contributed by atoms with Gasteiger partial charge in [-0.2, -0.15) is 0 Å². The molecule has 0 aliphatic heterocycles. The van der Waals surface area contributed by atoms with Crippen molar-refractivity contribution < 1.29 is 0 Å². The first kappa shape index (κ1) is 13.0. The van der Waals surface area contributed by atoms with Crippen LogP contribution in [0.1, 0.15) is 58.8 Å². The summed E-state index contributed by atoms with van der Waals surface area (Å²) >= 11 is 0. The van der Waals surface area contributed by atoms with Gasteiger partial charge in [-0.25, -0.2) is 0 Å². The van der Waals surface area contributed by atoms with Crippen LogP contribution in [0.4, 0.5) is 0 Å². The Morgan fingerprint density at radius 3 is 1.33 bits per heavy atom. The molecule has 2 nitrogen and oxygen atoms in total. The summed E-state index contributed by atoms with van der Waals surface area (Å²) in [4.78, 5) is 0. The minimum atomic E-state index is 0.374. The minimum absolute atomic E-state index is 0.374. The van der Waals surface area contributed by atoms with E-state index in [4.69, 9.17) is 0 Å². The molecule has 1 saturated carbocycles. The summed E-state index contributed by atoms with van der Waals surface area (Å²) in [6, 6.07) is 0. The van der Waals surface area contributed by atoms with E-state index in [0.717, 1.165) is 0 Å². The van der Waals surface area contributed by atoms with E-state index in [1.807, 2.05) is 0 Å². The van der Waals surface area contributed by atoms with Crippen molar-refractivity contribution in [3.05, 3.63) is 0 Å². The first-order chi connectivity index (χ1) is 7.04. The van der Waals surface area contributed by atoms with Crippen molar-refractivity contribution >= 4 is 0 Å². The monoisotopic (exact) mass is 212 g/mol. The van der Waals surface area contributed by atoms with Crippen LogP contribution in [0.3, 0.4) is 0 Å². The summed E-state index contributed by atoms with van der Waals surface area (Å²) in [7, 11) is 4.21. The third-order valence-electron chi connectivity index (χ3n) is 4.37. The Bertz CT molecular complexity index is 173. The summed E-state index contributed by atoms with van der Waals surface area (Å²) in [5, 5.41) is 7.00. The van der Waals surface area contributed by atoms with Crippen molar-refractivity contribution in [2.45, 2.75) is 69.9 Å². The molecule has 0 aromatic rings. The summed E-state index contributed by atoms with van der Waals surface area (Å²) in [6.07, 6.45) is 9.30. The quantitative estimate of drug-likeness (QED) is 0.735. The van der Waals surface area contributed by atoms with Crippen LogP contribution in [-0.4, -0.2) is 25.2 Å². The fourth-order valence-electron chi connectivity index (χ4n) is 2.65. The highest BCUT2D eigenvalue weighted by Gasteiger charge is 2.27. The second kappa shape index (κ2) is 5.31. The van der Waals surface area contributed by atoms with Gasteiger partial charge in [0.05, 0.1) is 0 Å². The highest BCUT2D eigenvalue weighted by Crippen LogP contribution is 2.29. The maximum absolute atomic E-state index is 3.50. The van der Waals surface area contributed by atoms with Crippen molar-refractivity contribution in [3.8, 4) is 0 Å². The van der Waals surface area contributed by atoms with Crippen molar-refractivity contribution in [2.75, 3.05) is 14.1 Å². The first-order valence-corrected chi connectivity index (χ1v) is 6.41. The Labute approximate surface area is 95.2 Å². The zero-order valence-corrected chi connectivity index (χ0v) is 10.9. The molecule has 1 fully saturated rings. The van der Waals surface area contributed by atoms with E-state index in [-0.39, 0.29) is 0 Å². The third kappa shape index (κ3) is 3.76. The molecule has 0 spiro atoms. The van der Waals surface area contributed by atoms with Gasteiger partial charge in [0.15, 0.2) is 0 Å². The summed E-state index contributed by atoms with van der Waals surface area (Å²) in [5.74, 6) is 0. The van der Waals surface area contributed by atoms with Crippen molar-refractivity contribution in [1.82, 2.24) is 10.6 Å². The minimum Gasteiger partial charge on any atom is -0.315 e. The average Bonchev–Trinajstić information content (AvgIpc) is 2.30. The van der Waals surface area contributed by atoms with Crippen LogP contribution in [-0.2, 0) is 0 Å². The van der Waals surface area contributed by atoms with Gasteiger partial charge in [0.25, 0.3) is 0 Å². The normalized spacial score (nSPS) is 39.2. The van der Waals surface area contributed by atoms with Gasteiger partial charge in [0.1, 0.15) is 0 Å². The molecule has 2 unspecified atom stereocenters. The van der Waals surface area contributed by atoms with E-state index in [1.165, 1.54) is 44.9 Å². The van der Waals surface area contributed by atoms with Gasteiger partial charge in [0, 0.05) is 11.1 Å². The second-order valence-corrected chi connectivity index (χ2v) is 5.68. The van der Waals surface area contributed by atoms with Gasteiger partial charge in [0.2, 0.25) is 0 Å². The predicted molar refractivity (Wildman–Crippen MR) is 67.2 cm³/mol. The Morgan fingerprint density at radius 1 is 0.667 bits per heavy atom. The molecule has 2 N–H and O–H groups in total. The molecule has 1 rings (SSSR count). The molecule has 0 aromatic carbocycles. The maximum Gasteiger partial charge on any atom is 0.0150 e. The molecule has 0 saturated heterocycles. The average molecular weight is 212 g/mol. The molecule has 2 heteroatoms. The van der Waals surface area contributed by atoms with Gasteiger partial charge >= 0.3 is 0 Å². The SMILES string of the molecule is CNC1(C)CCCCC(C)(NC)CCC1. The Morgan fingerprint density at radius 2 is 1.00 bits per heavy atom. The molecule has 0 radical (unpaired) electrons. The van der Waals surface area contributed by atoms with Gasteiger partial charge in [-0.15, -0.1) is 0 Å². The second-order valence-electron chi connectivity index (χ2n) is 5.68. The van der Waals surface area contributed by atoms with E-state index in [0.29, 0.717) is 11.1 Å². The fraction of sp³-hybridized carbons (Fsp3) is 1.00. The molecule has 1 aliphatic carbocycles. The molecular weight excluding hydrogens is 184 g/mol. The van der Waals surface area contributed by atoms with Crippen LogP contribution in [0, 0.1) is 0 Å². The molecule has 15 heavy (non-hydrogen) atoms. The highest BCUT2D eigenvalue weighted by molar-refractivity contribution is 4.88. The van der Waals surface area contributed by atoms with Gasteiger partial charge < -0.3 is 10.6 Å². The van der Waals surface area contributed by atoms with Crippen LogP contribution in [0.5, 0.6) is 0 Å². The molecular formula is C13H28N2. The number of nitrogens with one attached hydrogen (secondary N) is 2. The molecule has 0 aromatic heterocycles. The lowest BCUT2D eigenvalue weighted by Gasteiger charge is -2.30. The van der Waals surface area contributed by atoms with Gasteiger partial charge in [-0.1, -0.05) is 12.8 Å². The fourth-order valence-corrected chi connectivity index (χ4v) is 2.65. The predicted octanol–water partition coefficient (Wildman–Crippen LogP) is 2.69. The summed E-state index contributed by atoms with van der Waals surface area (Å²) in [5.41, 5.74) is 0.748. The first-order valence-electron chi connectivity index (χ1n) is 6.41. The van der Waals surface area contributed by atoms with Crippen LogP contribution in [0.25, 0.3) is 0 Å². The molecule has 1 aliphatic rings.